The van der Waals surface area contributed by atoms with Crippen LogP contribution in [0.5, 0.6) is 0 Å². The van der Waals surface area contributed by atoms with Crippen molar-refractivity contribution in [2.24, 2.45) is 5.92 Å². The van der Waals surface area contributed by atoms with Gasteiger partial charge < -0.3 is 20.3 Å². The molecule has 4 heteroatoms. The zero-order valence-electron chi connectivity index (χ0n) is 12.1. The SMILES string of the molecule is c1cc(N2CCOCC2)ccc1NCC1CCCNC1. The molecule has 0 aromatic heterocycles. The number of nitrogens with one attached hydrogen (secondary N) is 2. The molecule has 0 amide bonds. The number of piperidine rings is 1. The van der Waals surface area contributed by atoms with Gasteiger partial charge in [0, 0.05) is 31.0 Å². The third kappa shape index (κ3) is 3.64. The fraction of sp³-hybridized carbons (Fsp3) is 0.625. The summed E-state index contributed by atoms with van der Waals surface area (Å²) in [6.45, 7) is 7.10. The van der Waals surface area contributed by atoms with Crippen molar-refractivity contribution >= 4 is 11.4 Å². The van der Waals surface area contributed by atoms with Gasteiger partial charge in [-0.05, 0) is 56.1 Å². The van der Waals surface area contributed by atoms with Crippen molar-refractivity contribution in [1.29, 1.82) is 0 Å². The Labute approximate surface area is 121 Å². The number of rotatable bonds is 4. The lowest BCUT2D eigenvalue weighted by Crippen LogP contribution is -2.36. The average molecular weight is 275 g/mol. The van der Waals surface area contributed by atoms with Crippen LogP contribution in [0.3, 0.4) is 0 Å². The van der Waals surface area contributed by atoms with E-state index in [1.165, 1.54) is 30.8 Å². The highest BCUT2D eigenvalue weighted by molar-refractivity contribution is 5.55. The molecular formula is C16H25N3O. The molecular weight excluding hydrogens is 250 g/mol. The van der Waals surface area contributed by atoms with Crippen molar-refractivity contribution in [3.05, 3.63) is 24.3 Å². The molecule has 1 atom stereocenters. The standard InChI is InChI=1S/C16H25N3O/c1-2-14(12-17-7-1)13-18-15-3-5-16(6-4-15)19-8-10-20-11-9-19/h3-6,14,17-18H,1-2,7-13H2. The van der Waals surface area contributed by atoms with Gasteiger partial charge in [0.25, 0.3) is 0 Å². The molecule has 0 bridgehead atoms. The number of morpholine rings is 1. The Morgan fingerprint density at radius 1 is 1.20 bits per heavy atom. The zero-order chi connectivity index (χ0) is 13.6. The Morgan fingerprint density at radius 2 is 2.00 bits per heavy atom. The maximum atomic E-state index is 5.39. The van der Waals surface area contributed by atoms with E-state index in [9.17, 15) is 0 Å². The average Bonchev–Trinajstić information content (AvgIpc) is 2.55. The minimum atomic E-state index is 0.766. The molecule has 2 aliphatic rings. The van der Waals surface area contributed by atoms with Gasteiger partial charge in [0.15, 0.2) is 0 Å². The van der Waals surface area contributed by atoms with Crippen LogP contribution in [0.4, 0.5) is 11.4 Å². The van der Waals surface area contributed by atoms with Crippen molar-refractivity contribution in [3.8, 4) is 0 Å². The summed E-state index contributed by atoms with van der Waals surface area (Å²) in [5, 5.41) is 7.03. The molecule has 3 rings (SSSR count). The van der Waals surface area contributed by atoms with Crippen molar-refractivity contribution in [2.45, 2.75) is 12.8 Å². The van der Waals surface area contributed by atoms with Gasteiger partial charge in [0.05, 0.1) is 13.2 Å². The Kier molecular flexibility index (Phi) is 4.77. The molecule has 1 aromatic rings. The molecule has 0 aliphatic carbocycles. The Morgan fingerprint density at radius 3 is 2.70 bits per heavy atom. The van der Waals surface area contributed by atoms with E-state index in [1.54, 1.807) is 0 Å². The zero-order valence-corrected chi connectivity index (χ0v) is 12.1. The molecule has 20 heavy (non-hydrogen) atoms. The largest absolute Gasteiger partial charge is 0.385 e. The van der Waals surface area contributed by atoms with Crippen LogP contribution in [-0.2, 0) is 4.74 Å². The van der Waals surface area contributed by atoms with Crippen molar-refractivity contribution in [1.82, 2.24) is 5.32 Å². The van der Waals surface area contributed by atoms with E-state index in [0.717, 1.165) is 45.3 Å². The van der Waals surface area contributed by atoms with Crippen LogP contribution in [0.1, 0.15) is 12.8 Å². The first-order chi connectivity index (χ1) is 9.92. The van der Waals surface area contributed by atoms with Gasteiger partial charge in [-0.2, -0.15) is 0 Å². The Hall–Kier alpha value is -1.26. The van der Waals surface area contributed by atoms with Crippen molar-refractivity contribution < 1.29 is 4.74 Å². The van der Waals surface area contributed by atoms with Gasteiger partial charge in [-0.3, -0.25) is 0 Å². The van der Waals surface area contributed by atoms with Crippen molar-refractivity contribution in [3.63, 3.8) is 0 Å². The highest BCUT2D eigenvalue weighted by Crippen LogP contribution is 2.19. The number of ether oxygens (including phenoxy) is 1. The summed E-state index contributed by atoms with van der Waals surface area (Å²) >= 11 is 0. The van der Waals surface area contributed by atoms with Crippen LogP contribution >= 0.6 is 0 Å². The third-order valence-electron chi connectivity index (χ3n) is 4.24. The van der Waals surface area contributed by atoms with E-state index in [2.05, 4.69) is 39.8 Å². The molecule has 2 N–H and O–H groups in total. The smallest absolute Gasteiger partial charge is 0.0642 e. The topological polar surface area (TPSA) is 36.5 Å². The van der Waals surface area contributed by atoms with Crippen LogP contribution in [-0.4, -0.2) is 45.9 Å². The summed E-state index contributed by atoms with van der Waals surface area (Å²) in [7, 11) is 0. The second kappa shape index (κ2) is 6.95. The first-order valence-corrected chi connectivity index (χ1v) is 7.79. The van der Waals surface area contributed by atoms with E-state index >= 15 is 0 Å². The number of benzene rings is 1. The summed E-state index contributed by atoms with van der Waals surface area (Å²) in [6, 6.07) is 8.82. The quantitative estimate of drug-likeness (QED) is 0.880. The molecule has 2 fully saturated rings. The van der Waals surface area contributed by atoms with Gasteiger partial charge in [-0.25, -0.2) is 0 Å². The summed E-state index contributed by atoms with van der Waals surface area (Å²) < 4.78 is 5.39. The molecule has 2 aliphatic heterocycles. The fourth-order valence-electron chi connectivity index (χ4n) is 2.97. The molecule has 2 heterocycles. The highest BCUT2D eigenvalue weighted by atomic mass is 16.5. The van der Waals surface area contributed by atoms with Gasteiger partial charge in [0.2, 0.25) is 0 Å². The maximum absolute atomic E-state index is 5.39. The summed E-state index contributed by atoms with van der Waals surface area (Å²) in [6.07, 6.45) is 2.65. The third-order valence-corrected chi connectivity index (χ3v) is 4.24. The molecule has 1 aromatic carbocycles. The number of nitrogens with zero attached hydrogens (tertiary/aromatic N) is 1. The van der Waals surface area contributed by atoms with E-state index in [4.69, 9.17) is 4.74 Å². The fourth-order valence-corrected chi connectivity index (χ4v) is 2.97. The number of hydrogen-bond acceptors (Lipinski definition) is 4. The summed E-state index contributed by atoms with van der Waals surface area (Å²) in [5.41, 5.74) is 2.53. The lowest BCUT2D eigenvalue weighted by atomic mass is 10.00. The monoisotopic (exact) mass is 275 g/mol. The van der Waals surface area contributed by atoms with Crippen LogP contribution in [0, 0.1) is 5.92 Å². The lowest BCUT2D eigenvalue weighted by molar-refractivity contribution is 0.122. The predicted molar refractivity (Wildman–Crippen MR) is 83.6 cm³/mol. The van der Waals surface area contributed by atoms with E-state index in [0.29, 0.717) is 0 Å². The lowest BCUT2D eigenvalue weighted by Gasteiger charge is -2.29. The van der Waals surface area contributed by atoms with Crippen molar-refractivity contribution in [2.75, 3.05) is 56.2 Å². The first-order valence-electron chi connectivity index (χ1n) is 7.79. The van der Waals surface area contributed by atoms with Gasteiger partial charge in [-0.15, -0.1) is 0 Å². The minimum absolute atomic E-state index is 0.766. The van der Waals surface area contributed by atoms with Gasteiger partial charge in [-0.1, -0.05) is 0 Å². The van der Waals surface area contributed by atoms with E-state index in [1.807, 2.05) is 0 Å². The number of hydrogen-bond donors (Lipinski definition) is 2. The van der Waals surface area contributed by atoms with Gasteiger partial charge in [0.1, 0.15) is 0 Å². The minimum Gasteiger partial charge on any atom is -0.385 e. The molecule has 0 radical (unpaired) electrons. The number of anilines is 2. The second-order valence-electron chi connectivity index (χ2n) is 5.74. The van der Waals surface area contributed by atoms with Crippen LogP contribution in [0.2, 0.25) is 0 Å². The molecule has 110 valence electrons. The summed E-state index contributed by atoms with van der Waals surface area (Å²) in [4.78, 5) is 2.39. The molecule has 4 nitrogen and oxygen atoms in total. The first kappa shape index (κ1) is 13.7. The van der Waals surface area contributed by atoms with Crippen LogP contribution < -0.4 is 15.5 Å². The Balaban J connectivity index is 1.50. The molecule has 0 spiro atoms. The maximum Gasteiger partial charge on any atom is 0.0642 e. The Bertz CT molecular complexity index is 395. The predicted octanol–water partition coefficient (Wildman–Crippen LogP) is 1.93. The molecule has 2 saturated heterocycles. The van der Waals surface area contributed by atoms with Crippen LogP contribution in [0.25, 0.3) is 0 Å². The van der Waals surface area contributed by atoms with E-state index in [-0.39, 0.29) is 0 Å². The molecule has 1 unspecified atom stereocenters. The van der Waals surface area contributed by atoms with Gasteiger partial charge >= 0.3 is 0 Å². The second-order valence-corrected chi connectivity index (χ2v) is 5.74. The summed E-state index contributed by atoms with van der Waals surface area (Å²) in [5.74, 6) is 0.766. The van der Waals surface area contributed by atoms with E-state index < -0.39 is 0 Å². The highest BCUT2D eigenvalue weighted by Gasteiger charge is 2.13. The molecule has 0 saturated carbocycles. The normalized spacial score (nSPS) is 23.6. The van der Waals surface area contributed by atoms with Crippen LogP contribution in [0.15, 0.2) is 24.3 Å².